The summed E-state index contributed by atoms with van der Waals surface area (Å²) < 4.78 is 1.04. The first kappa shape index (κ1) is 16.9. The van der Waals surface area contributed by atoms with Crippen LogP contribution in [0.2, 0.25) is 0 Å². The second kappa shape index (κ2) is 7.31. The summed E-state index contributed by atoms with van der Waals surface area (Å²) in [5, 5.41) is 4.65. The van der Waals surface area contributed by atoms with Crippen LogP contribution in [0.15, 0.2) is 63.6 Å². The molecule has 0 saturated carbocycles. The Kier molecular flexibility index (Phi) is 4.95. The highest BCUT2D eigenvalue weighted by atomic mass is 32.1. The van der Waals surface area contributed by atoms with Crippen LogP contribution in [0.1, 0.15) is 33.8 Å². The number of amides is 1. The third-order valence-corrected chi connectivity index (χ3v) is 4.71. The van der Waals surface area contributed by atoms with E-state index < -0.39 is 17.2 Å². The van der Waals surface area contributed by atoms with Crippen molar-refractivity contribution in [3.63, 3.8) is 0 Å². The van der Waals surface area contributed by atoms with Crippen LogP contribution >= 0.6 is 11.3 Å². The van der Waals surface area contributed by atoms with Crippen LogP contribution in [0.4, 0.5) is 0 Å². The largest absolute Gasteiger partial charge is 0.345 e. The van der Waals surface area contributed by atoms with Gasteiger partial charge >= 0.3 is 5.69 Å². The number of carbonyl (C=O) groups excluding carboxylic acids is 1. The van der Waals surface area contributed by atoms with Gasteiger partial charge in [0.25, 0.3) is 11.5 Å². The van der Waals surface area contributed by atoms with Crippen molar-refractivity contribution < 1.29 is 4.79 Å². The molecule has 1 aromatic carbocycles. The summed E-state index contributed by atoms with van der Waals surface area (Å²) in [6.45, 7) is 1.98. The van der Waals surface area contributed by atoms with Crippen molar-refractivity contribution >= 4 is 17.2 Å². The standard InChI is InChI=1S/C18H17N3O3S/c1-12(13-6-3-2-4-7-13)20-16(22)15-10-19-18(24)21(17(15)23)11-14-8-5-9-25-14/h2-10,12H,11H2,1H3,(H,19,24)(H,20,22). The summed E-state index contributed by atoms with van der Waals surface area (Å²) in [6.07, 6.45) is 1.17. The van der Waals surface area contributed by atoms with Crippen molar-refractivity contribution in [1.82, 2.24) is 14.9 Å². The van der Waals surface area contributed by atoms with Crippen molar-refractivity contribution in [3.05, 3.63) is 90.9 Å². The number of hydrogen-bond donors (Lipinski definition) is 2. The number of hydrogen-bond acceptors (Lipinski definition) is 4. The van der Waals surface area contributed by atoms with E-state index in [2.05, 4.69) is 10.3 Å². The molecule has 3 aromatic rings. The highest BCUT2D eigenvalue weighted by molar-refractivity contribution is 7.09. The molecule has 1 atom stereocenters. The number of rotatable bonds is 5. The molecular formula is C18H17N3O3S. The average molecular weight is 355 g/mol. The Hall–Kier alpha value is -2.93. The van der Waals surface area contributed by atoms with Gasteiger partial charge in [0.1, 0.15) is 5.56 Å². The maximum Gasteiger partial charge on any atom is 0.328 e. The molecule has 2 aromatic heterocycles. The zero-order chi connectivity index (χ0) is 17.8. The number of benzene rings is 1. The molecule has 3 rings (SSSR count). The first-order chi connectivity index (χ1) is 12.1. The molecule has 6 nitrogen and oxygen atoms in total. The summed E-state index contributed by atoms with van der Waals surface area (Å²) in [4.78, 5) is 40.3. The lowest BCUT2D eigenvalue weighted by atomic mass is 10.1. The van der Waals surface area contributed by atoms with Crippen molar-refractivity contribution in [2.75, 3.05) is 0 Å². The highest BCUT2D eigenvalue weighted by Crippen LogP contribution is 2.12. The highest BCUT2D eigenvalue weighted by Gasteiger charge is 2.17. The van der Waals surface area contributed by atoms with Gasteiger partial charge in [0.15, 0.2) is 0 Å². The van der Waals surface area contributed by atoms with Gasteiger partial charge in [0.05, 0.1) is 12.6 Å². The smallest absolute Gasteiger partial charge is 0.328 e. The molecule has 1 unspecified atom stereocenters. The van der Waals surface area contributed by atoms with Gasteiger partial charge in [-0.15, -0.1) is 11.3 Å². The third kappa shape index (κ3) is 3.77. The molecule has 1 amide bonds. The van der Waals surface area contributed by atoms with E-state index in [1.54, 1.807) is 0 Å². The fourth-order valence-corrected chi connectivity index (χ4v) is 3.17. The lowest BCUT2D eigenvalue weighted by Gasteiger charge is -2.14. The Morgan fingerprint density at radius 1 is 1.20 bits per heavy atom. The van der Waals surface area contributed by atoms with Crippen LogP contribution in [-0.2, 0) is 6.54 Å². The molecule has 2 N–H and O–H groups in total. The molecule has 0 aliphatic heterocycles. The minimum atomic E-state index is -0.602. The van der Waals surface area contributed by atoms with Crippen LogP contribution in [0.25, 0.3) is 0 Å². The fraction of sp³-hybridized carbons (Fsp3) is 0.167. The minimum Gasteiger partial charge on any atom is -0.345 e. The SMILES string of the molecule is CC(NC(=O)c1c[nH]c(=O)n(Cc2cccs2)c1=O)c1ccccc1. The normalized spacial score (nSPS) is 11.9. The van der Waals surface area contributed by atoms with E-state index in [1.165, 1.54) is 17.5 Å². The van der Waals surface area contributed by atoms with E-state index in [0.717, 1.165) is 15.0 Å². The van der Waals surface area contributed by atoms with Crippen molar-refractivity contribution in [3.8, 4) is 0 Å². The van der Waals surface area contributed by atoms with Gasteiger partial charge in [0.2, 0.25) is 0 Å². The number of nitrogens with one attached hydrogen (secondary N) is 2. The quantitative estimate of drug-likeness (QED) is 0.735. The molecule has 0 aliphatic carbocycles. The second-order valence-corrected chi connectivity index (χ2v) is 6.62. The van der Waals surface area contributed by atoms with Gasteiger partial charge in [0, 0.05) is 11.1 Å². The molecule has 2 heterocycles. The second-order valence-electron chi connectivity index (χ2n) is 5.58. The Bertz CT molecular complexity index is 975. The number of carbonyl (C=O) groups is 1. The van der Waals surface area contributed by atoms with E-state index in [4.69, 9.17) is 0 Å². The molecule has 0 aliphatic rings. The Balaban J connectivity index is 1.86. The van der Waals surface area contributed by atoms with E-state index >= 15 is 0 Å². The van der Waals surface area contributed by atoms with Crippen LogP contribution in [0.3, 0.4) is 0 Å². The molecule has 0 bridgehead atoms. The van der Waals surface area contributed by atoms with Crippen LogP contribution < -0.4 is 16.6 Å². The summed E-state index contributed by atoms with van der Waals surface area (Å²) in [6, 6.07) is 12.9. The molecule has 0 spiro atoms. The predicted molar refractivity (Wildman–Crippen MR) is 97.1 cm³/mol. The van der Waals surface area contributed by atoms with Crippen molar-refractivity contribution in [2.24, 2.45) is 0 Å². The molecular weight excluding hydrogens is 338 g/mol. The summed E-state index contributed by atoms with van der Waals surface area (Å²) in [7, 11) is 0. The van der Waals surface area contributed by atoms with Gasteiger partial charge in [-0.1, -0.05) is 36.4 Å². The lowest BCUT2D eigenvalue weighted by Crippen LogP contribution is -2.41. The maximum absolute atomic E-state index is 12.6. The van der Waals surface area contributed by atoms with E-state index in [9.17, 15) is 14.4 Å². The van der Waals surface area contributed by atoms with Crippen molar-refractivity contribution in [1.29, 1.82) is 0 Å². The number of aromatic amines is 1. The first-order valence-corrected chi connectivity index (χ1v) is 8.65. The summed E-state index contributed by atoms with van der Waals surface area (Å²) in [5.74, 6) is -0.516. The maximum atomic E-state index is 12.6. The molecule has 0 fully saturated rings. The Morgan fingerprint density at radius 2 is 1.96 bits per heavy atom. The average Bonchev–Trinajstić information content (AvgIpc) is 3.12. The molecule has 25 heavy (non-hydrogen) atoms. The van der Waals surface area contributed by atoms with Crippen LogP contribution in [0.5, 0.6) is 0 Å². The molecule has 0 radical (unpaired) electrons. The zero-order valence-electron chi connectivity index (χ0n) is 13.6. The molecule has 7 heteroatoms. The molecule has 0 saturated heterocycles. The third-order valence-electron chi connectivity index (χ3n) is 3.85. The minimum absolute atomic E-state index is 0.0843. The first-order valence-electron chi connectivity index (χ1n) is 7.77. The monoisotopic (exact) mass is 355 g/mol. The number of aromatic nitrogens is 2. The fourth-order valence-electron chi connectivity index (χ4n) is 2.48. The Labute approximate surface area is 147 Å². The summed E-state index contributed by atoms with van der Waals surface area (Å²) >= 11 is 1.44. The van der Waals surface area contributed by atoms with E-state index in [1.807, 2.05) is 54.8 Å². The summed E-state index contributed by atoms with van der Waals surface area (Å²) in [5.41, 5.74) is -0.293. The van der Waals surface area contributed by atoms with Gasteiger partial charge in [-0.25, -0.2) is 4.79 Å². The topological polar surface area (TPSA) is 84.0 Å². The van der Waals surface area contributed by atoms with Gasteiger partial charge in [-0.3, -0.25) is 14.2 Å². The van der Waals surface area contributed by atoms with Crippen molar-refractivity contribution in [2.45, 2.75) is 19.5 Å². The zero-order valence-corrected chi connectivity index (χ0v) is 14.4. The number of thiophene rings is 1. The van der Waals surface area contributed by atoms with E-state index in [0.29, 0.717) is 0 Å². The van der Waals surface area contributed by atoms with Gasteiger partial charge < -0.3 is 10.3 Å². The molecule has 128 valence electrons. The van der Waals surface area contributed by atoms with Gasteiger partial charge in [-0.2, -0.15) is 0 Å². The lowest BCUT2D eigenvalue weighted by molar-refractivity contribution is 0.0937. The van der Waals surface area contributed by atoms with E-state index in [-0.39, 0.29) is 18.2 Å². The predicted octanol–water partition coefficient (Wildman–Crippen LogP) is 2.14. The number of nitrogens with zero attached hydrogens (tertiary/aromatic N) is 1. The Morgan fingerprint density at radius 3 is 2.64 bits per heavy atom. The number of H-pyrrole nitrogens is 1. The van der Waals surface area contributed by atoms with Gasteiger partial charge in [-0.05, 0) is 23.9 Å². The van der Waals surface area contributed by atoms with Crippen LogP contribution in [-0.4, -0.2) is 15.5 Å². The van der Waals surface area contributed by atoms with Crippen LogP contribution in [0, 0.1) is 0 Å².